The molecule has 0 saturated heterocycles. The first kappa shape index (κ1) is 23.5. The number of halogens is 3. The van der Waals surface area contributed by atoms with Gasteiger partial charge in [0.1, 0.15) is 6.04 Å². The van der Waals surface area contributed by atoms with E-state index < -0.39 is 6.04 Å². The predicted octanol–water partition coefficient (Wildman–Crippen LogP) is 5.38. The monoisotopic (exact) mass is 454 g/mol. The summed E-state index contributed by atoms with van der Waals surface area (Å²) in [6.45, 7) is 6.57. The SMILES string of the molecule is CC(C)CNC(=O)C(C)N(Cc1ccc(Cl)c(Cl)c1)C(=O)Cc1ccc(Cl)cc1. The van der Waals surface area contributed by atoms with E-state index in [-0.39, 0.29) is 24.8 Å². The molecule has 156 valence electrons. The minimum atomic E-state index is -0.636. The maximum atomic E-state index is 13.1. The molecule has 0 radical (unpaired) electrons. The normalized spacial score (nSPS) is 12.0. The second-order valence-corrected chi connectivity index (χ2v) is 8.64. The van der Waals surface area contributed by atoms with E-state index in [0.29, 0.717) is 27.5 Å². The number of carbonyl (C=O) groups excluding carboxylic acids is 2. The number of rotatable bonds is 8. The molecule has 4 nitrogen and oxygen atoms in total. The van der Waals surface area contributed by atoms with Gasteiger partial charge in [0, 0.05) is 18.1 Å². The van der Waals surface area contributed by atoms with Crippen molar-refractivity contribution in [1.82, 2.24) is 10.2 Å². The lowest BCUT2D eigenvalue weighted by atomic mass is 10.1. The minimum Gasteiger partial charge on any atom is -0.354 e. The fraction of sp³-hybridized carbons (Fsp3) is 0.364. The Morgan fingerprint density at radius 1 is 0.931 bits per heavy atom. The summed E-state index contributed by atoms with van der Waals surface area (Å²) >= 11 is 18.0. The van der Waals surface area contributed by atoms with Crippen molar-refractivity contribution in [2.75, 3.05) is 6.54 Å². The van der Waals surface area contributed by atoms with Gasteiger partial charge in [-0.05, 0) is 48.2 Å². The van der Waals surface area contributed by atoms with Crippen LogP contribution >= 0.6 is 34.8 Å². The van der Waals surface area contributed by atoms with Crippen molar-refractivity contribution in [2.45, 2.75) is 39.8 Å². The van der Waals surface area contributed by atoms with Crippen LogP contribution in [0.5, 0.6) is 0 Å². The molecule has 2 rings (SSSR count). The molecule has 2 aromatic rings. The van der Waals surface area contributed by atoms with Gasteiger partial charge < -0.3 is 10.2 Å². The first-order valence-corrected chi connectivity index (χ1v) is 10.6. The van der Waals surface area contributed by atoms with E-state index in [1.54, 1.807) is 54.3 Å². The lowest BCUT2D eigenvalue weighted by molar-refractivity contribution is -0.140. The third-order valence-corrected chi connectivity index (χ3v) is 5.45. The molecule has 29 heavy (non-hydrogen) atoms. The van der Waals surface area contributed by atoms with E-state index in [0.717, 1.165) is 11.1 Å². The van der Waals surface area contributed by atoms with Crippen LogP contribution in [0, 0.1) is 5.92 Å². The van der Waals surface area contributed by atoms with E-state index in [1.165, 1.54) is 0 Å². The number of benzene rings is 2. The van der Waals surface area contributed by atoms with Crippen molar-refractivity contribution in [3.63, 3.8) is 0 Å². The molecular formula is C22H25Cl3N2O2. The first-order valence-electron chi connectivity index (χ1n) is 9.43. The molecule has 0 aromatic heterocycles. The zero-order valence-electron chi connectivity index (χ0n) is 16.7. The van der Waals surface area contributed by atoms with E-state index in [4.69, 9.17) is 34.8 Å². The van der Waals surface area contributed by atoms with Crippen molar-refractivity contribution < 1.29 is 9.59 Å². The number of amides is 2. The molecule has 2 aromatic carbocycles. The lowest BCUT2D eigenvalue weighted by Crippen LogP contribution is -2.48. The van der Waals surface area contributed by atoms with Gasteiger partial charge in [-0.15, -0.1) is 0 Å². The maximum Gasteiger partial charge on any atom is 0.242 e. The van der Waals surface area contributed by atoms with Crippen molar-refractivity contribution in [3.8, 4) is 0 Å². The highest BCUT2D eigenvalue weighted by Crippen LogP contribution is 2.24. The largest absolute Gasteiger partial charge is 0.354 e. The topological polar surface area (TPSA) is 49.4 Å². The summed E-state index contributed by atoms with van der Waals surface area (Å²) in [6.07, 6.45) is 0.167. The number of carbonyl (C=O) groups is 2. The Hall–Kier alpha value is -1.75. The van der Waals surface area contributed by atoms with Crippen LogP contribution in [0.4, 0.5) is 0 Å². The molecule has 0 aliphatic carbocycles. The van der Waals surface area contributed by atoms with Gasteiger partial charge in [0.05, 0.1) is 16.5 Å². The number of nitrogens with zero attached hydrogens (tertiary/aromatic N) is 1. The molecule has 0 aliphatic rings. The second kappa shape index (κ2) is 10.9. The van der Waals surface area contributed by atoms with Crippen molar-refractivity contribution >= 4 is 46.6 Å². The first-order chi connectivity index (χ1) is 13.7. The highest BCUT2D eigenvalue weighted by Gasteiger charge is 2.26. The third-order valence-electron chi connectivity index (χ3n) is 4.46. The van der Waals surface area contributed by atoms with Crippen LogP contribution in [-0.4, -0.2) is 29.3 Å². The number of hydrogen-bond donors (Lipinski definition) is 1. The average molecular weight is 456 g/mol. The van der Waals surface area contributed by atoms with E-state index in [1.807, 2.05) is 13.8 Å². The van der Waals surface area contributed by atoms with E-state index in [2.05, 4.69) is 5.32 Å². The Kier molecular flexibility index (Phi) is 8.81. The summed E-state index contributed by atoms with van der Waals surface area (Å²) in [4.78, 5) is 27.3. The molecule has 0 fully saturated rings. The molecule has 0 spiro atoms. The van der Waals surface area contributed by atoms with E-state index in [9.17, 15) is 9.59 Å². The molecular weight excluding hydrogens is 431 g/mol. The summed E-state index contributed by atoms with van der Waals surface area (Å²) < 4.78 is 0. The molecule has 0 aliphatic heterocycles. The van der Waals surface area contributed by atoms with Gasteiger partial charge in [0.15, 0.2) is 0 Å². The van der Waals surface area contributed by atoms with Crippen LogP contribution < -0.4 is 5.32 Å². The minimum absolute atomic E-state index is 0.161. The predicted molar refractivity (Wildman–Crippen MR) is 119 cm³/mol. The summed E-state index contributed by atoms with van der Waals surface area (Å²) in [5, 5.41) is 4.35. The number of nitrogens with one attached hydrogen (secondary N) is 1. The second-order valence-electron chi connectivity index (χ2n) is 7.39. The Labute approximate surface area is 187 Å². The summed E-state index contributed by atoms with van der Waals surface area (Å²) in [7, 11) is 0. The molecule has 7 heteroatoms. The standard InChI is InChI=1S/C22H25Cl3N2O2/c1-14(2)12-26-22(29)15(3)27(13-17-6-9-19(24)20(25)10-17)21(28)11-16-4-7-18(23)8-5-16/h4-10,14-15H,11-13H2,1-3H3,(H,26,29). The fourth-order valence-corrected chi connectivity index (χ4v) is 3.19. The zero-order chi connectivity index (χ0) is 21.6. The molecule has 0 saturated carbocycles. The molecule has 1 unspecified atom stereocenters. The molecule has 1 atom stereocenters. The highest BCUT2D eigenvalue weighted by atomic mass is 35.5. The quantitative estimate of drug-likeness (QED) is 0.581. The molecule has 2 amide bonds. The van der Waals surface area contributed by atoms with Crippen LogP contribution in [0.1, 0.15) is 31.9 Å². The fourth-order valence-electron chi connectivity index (χ4n) is 2.75. The molecule has 1 N–H and O–H groups in total. The van der Waals surface area contributed by atoms with Crippen molar-refractivity contribution in [1.29, 1.82) is 0 Å². The summed E-state index contributed by atoms with van der Waals surface area (Å²) in [5.74, 6) is -0.0340. The number of hydrogen-bond acceptors (Lipinski definition) is 2. The lowest BCUT2D eigenvalue weighted by Gasteiger charge is -2.29. The zero-order valence-corrected chi connectivity index (χ0v) is 19.0. The van der Waals surface area contributed by atoms with Gasteiger partial charge in [-0.25, -0.2) is 0 Å². The highest BCUT2D eigenvalue weighted by molar-refractivity contribution is 6.42. The average Bonchev–Trinajstić information content (AvgIpc) is 2.68. The Bertz CT molecular complexity index is 854. The Morgan fingerprint density at radius 3 is 2.14 bits per heavy atom. The summed E-state index contributed by atoms with van der Waals surface area (Å²) in [6, 6.07) is 11.7. The van der Waals surface area contributed by atoms with Crippen LogP contribution in [0.2, 0.25) is 15.1 Å². The van der Waals surface area contributed by atoms with Gasteiger partial charge in [0.25, 0.3) is 0 Å². The van der Waals surface area contributed by atoms with Gasteiger partial charge in [-0.1, -0.05) is 66.8 Å². The van der Waals surface area contributed by atoms with Gasteiger partial charge in [0.2, 0.25) is 11.8 Å². The van der Waals surface area contributed by atoms with Crippen LogP contribution in [0.15, 0.2) is 42.5 Å². The molecule has 0 bridgehead atoms. The van der Waals surface area contributed by atoms with Crippen LogP contribution in [0.3, 0.4) is 0 Å². The van der Waals surface area contributed by atoms with Gasteiger partial charge in [-0.3, -0.25) is 9.59 Å². The van der Waals surface area contributed by atoms with Gasteiger partial charge in [-0.2, -0.15) is 0 Å². The smallest absolute Gasteiger partial charge is 0.242 e. The maximum absolute atomic E-state index is 13.1. The Morgan fingerprint density at radius 2 is 1.55 bits per heavy atom. The van der Waals surface area contributed by atoms with Crippen molar-refractivity contribution in [2.24, 2.45) is 5.92 Å². The molecule has 0 heterocycles. The Balaban J connectivity index is 2.22. The van der Waals surface area contributed by atoms with Crippen LogP contribution in [-0.2, 0) is 22.6 Å². The van der Waals surface area contributed by atoms with Crippen LogP contribution in [0.25, 0.3) is 0 Å². The third kappa shape index (κ3) is 7.22. The van der Waals surface area contributed by atoms with Crippen molar-refractivity contribution in [3.05, 3.63) is 68.7 Å². The summed E-state index contributed by atoms with van der Waals surface area (Å²) in [5.41, 5.74) is 1.63. The van der Waals surface area contributed by atoms with Gasteiger partial charge >= 0.3 is 0 Å². The van der Waals surface area contributed by atoms with E-state index >= 15 is 0 Å².